The fourth-order valence-electron chi connectivity index (χ4n) is 3.30. The van der Waals surface area contributed by atoms with E-state index in [1.54, 1.807) is 16.2 Å². The summed E-state index contributed by atoms with van der Waals surface area (Å²) >= 11 is 0. The topological polar surface area (TPSA) is 65.6 Å². The van der Waals surface area contributed by atoms with E-state index in [2.05, 4.69) is 0 Å². The molecule has 3 aromatic rings. The fraction of sp³-hybridized carbons (Fsp3) is 0.318. The number of para-hydroxylation sites is 2. The van der Waals surface area contributed by atoms with Crippen molar-refractivity contribution in [3.63, 3.8) is 0 Å². The number of fused-ring (bicyclic) bond motifs is 1. The number of ether oxygens (including phenoxy) is 2. The number of aliphatic hydroxyl groups is 1. The number of hydrogen-bond acceptors (Lipinski definition) is 4. The highest BCUT2D eigenvalue weighted by molar-refractivity contribution is 5.76. The number of aliphatic hydroxyl groups excluding tert-OH is 1. The number of benzene rings is 2. The van der Waals surface area contributed by atoms with Gasteiger partial charge < -0.3 is 14.6 Å². The largest absolute Gasteiger partial charge is 0.493 e. The molecule has 0 aliphatic rings. The van der Waals surface area contributed by atoms with E-state index in [-0.39, 0.29) is 18.8 Å². The molecule has 0 bridgehead atoms. The Labute approximate surface area is 164 Å². The highest BCUT2D eigenvalue weighted by Gasteiger charge is 2.16. The first-order valence-corrected chi connectivity index (χ1v) is 9.38. The number of aromatic nitrogens is 2. The summed E-state index contributed by atoms with van der Waals surface area (Å²) in [6.45, 7) is 4.67. The summed E-state index contributed by atoms with van der Waals surface area (Å²) in [6.07, 6.45) is 3.08. The summed E-state index contributed by atoms with van der Waals surface area (Å²) in [4.78, 5) is 12.7. The van der Waals surface area contributed by atoms with Crippen LogP contribution in [0.25, 0.3) is 17.1 Å². The van der Waals surface area contributed by atoms with E-state index < -0.39 is 6.10 Å². The van der Waals surface area contributed by atoms with Gasteiger partial charge in [0.15, 0.2) is 11.5 Å². The van der Waals surface area contributed by atoms with Crippen molar-refractivity contribution in [2.75, 3.05) is 13.7 Å². The zero-order valence-electron chi connectivity index (χ0n) is 16.5. The number of rotatable bonds is 8. The lowest BCUT2D eigenvalue weighted by Gasteiger charge is -2.15. The summed E-state index contributed by atoms with van der Waals surface area (Å²) in [5.74, 6) is 1.15. The quantitative estimate of drug-likeness (QED) is 0.649. The molecule has 0 amide bonds. The molecule has 28 heavy (non-hydrogen) atoms. The highest BCUT2D eigenvalue weighted by Crippen LogP contribution is 2.28. The molecule has 6 nitrogen and oxygen atoms in total. The molecule has 3 rings (SSSR count). The molecule has 0 radical (unpaired) electrons. The standard InChI is InChI=1S/C22H26N2O4/c1-4-8-16-11-12-20(21(13-16)27-3)28-15-17(25)14-24-19-10-7-6-9-18(19)23(5-2)22(24)26/h4,6-13,17,25H,5,14-15H2,1-3H3/b8-4+. The second-order valence-electron chi connectivity index (χ2n) is 6.50. The van der Waals surface area contributed by atoms with Crippen LogP contribution in [0.1, 0.15) is 19.4 Å². The molecule has 0 aliphatic carbocycles. The minimum absolute atomic E-state index is 0.0530. The Morgan fingerprint density at radius 2 is 1.82 bits per heavy atom. The van der Waals surface area contributed by atoms with Crippen molar-refractivity contribution in [3.8, 4) is 11.5 Å². The fourth-order valence-corrected chi connectivity index (χ4v) is 3.30. The van der Waals surface area contributed by atoms with Gasteiger partial charge in [-0.05, 0) is 43.7 Å². The van der Waals surface area contributed by atoms with Crippen LogP contribution in [-0.2, 0) is 13.1 Å². The van der Waals surface area contributed by atoms with Gasteiger partial charge in [0.2, 0.25) is 0 Å². The first-order valence-electron chi connectivity index (χ1n) is 9.38. The van der Waals surface area contributed by atoms with Gasteiger partial charge in [-0.25, -0.2) is 4.79 Å². The van der Waals surface area contributed by atoms with Crippen molar-refractivity contribution in [1.82, 2.24) is 9.13 Å². The Kier molecular flexibility index (Phi) is 6.21. The first kappa shape index (κ1) is 19.8. The molecule has 1 N–H and O–H groups in total. The van der Waals surface area contributed by atoms with Crippen molar-refractivity contribution in [1.29, 1.82) is 0 Å². The molecule has 2 aromatic carbocycles. The Bertz CT molecular complexity index is 1030. The summed E-state index contributed by atoms with van der Waals surface area (Å²) in [6, 6.07) is 13.2. The number of allylic oxidation sites excluding steroid dienone is 1. The van der Waals surface area contributed by atoms with Crippen LogP contribution < -0.4 is 15.2 Å². The van der Waals surface area contributed by atoms with Crippen LogP contribution in [0.4, 0.5) is 0 Å². The molecule has 0 aliphatic heterocycles. The lowest BCUT2D eigenvalue weighted by molar-refractivity contribution is 0.0910. The van der Waals surface area contributed by atoms with Gasteiger partial charge in [0.25, 0.3) is 0 Å². The van der Waals surface area contributed by atoms with E-state index in [9.17, 15) is 9.90 Å². The van der Waals surface area contributed by atoms with Crippen LogP contribution in [-0.4, -0.2) is 34.1 Å². The molecule has 1 atom stereocenters. The zero-order chi connectivity index (χ0) is 20.1. The number of aryl methyl sites for hydroxylation is 1. The summed E-state index contributed by atoms with van der Waals surface area (Å²) in [5, 5.41) is 10.5. The van der Waals surface area contributed by atoms with Gasteiger partial charge in [-0.1, -0.05) is 30.4 Å². The average molecular weight is 382 g/mol. The summed E-state index contributed by atoms with van der Waals surface area (Å²) in [7, 11) is 1.58. The van der Waals surface area contributed by atoms with Gasteiger partial charge in [0, 0.05) is 6.54 Å². The maximum absolute atomic E-state index is 12.7. The monoisotopic (exact) mass is 382 g/mol. The Balaban J connectivity index is 1.75. The molecule has 0 saturated carbocycles. The van der Waals surface area contributed by atoms with E-state index in [1.165, 1.54) is 0 Å². The number of methoxy groups -OCH3 is 1. The third-order valence-electron chi connectivity index (χ3n) is 4.61. The van der Waals surface area contributed by atoms with Crippen molar-refractivity contribution in [3.05, 3.63) is 64.6 Å². The van der Waals surface area contributed by atoms with Gasteiger partial charge in [0.1, 0.15) is 12.7 Å². The van der Waals surface area contributed by atoms with E-state index in [1.807, 2.05) is 68.5 Å². The average Bonchev–Trinajstić information content (AvgIpc) is 2.98. The van der Waals surface area contributed by atoms with Gasteiger partial charge >= 0.3 is 5.69 Å². The van der Waals surface area contributed by atoms with Crippen LogP contribution >= 0.6 is 0 Å². The maximum atomic E-state index is 12.7. The third kappa shape index (κ3) is 3.97. The molecule has 0 saturated heterocycles. The number of imidazole rings is 1. The maximum Gasteiger partial charge on any atom is 0.329 e. The van der Waals surface area contributed by atoms with Crippen molar-refractivity contribution in [2.24, 2.45) is 0 Å². The Hall–Kier alpha value is -2.99. The van der Waals surface area contributed by atoms with Gasteiger partial charge in [-0.15, -0.1) is 0 Å². The van der Waals surface area contributed by atoms with Gasteiger partial charge in [0.05, 0.1) is 24.7 Å². The lowest BCUT2D eigenvalue weighted by atomic mass is 10.2. The molecule has 1 unspecified atom stereocenters. The smallest absolute Gasteiger partial charge is 0.329 e. The molecular formula is C22H26N2O4. The highest BCUT2D eigenvalue weighted by atomic mass is 16.5. The van der Waals surface area contributed by atoms with Gasteiger partial charge in [-0.2, -0.15) is 0 Å². The molecule has 0 fully saturated rings. The van der Waals surface area contributed by atoms with Gasteiger partial charge in [-0.3, -0.25) is 9.13 Å². The van der Waals surface area contributed by atoms with Crippen LogP contribution in [0.15, 0.2) is 53.3 Å². The molecule has 1 aromatic heterocycles. The van der Waals surface area contributed by atoms with Crippen molar-refractivity contribution in [2.45, 2.75) is 33.0 Å². The number of hydrogen-bond donors (Lipinski definition) is 1. The minimum Gasteiger partial charge on any atom is -0.493 e. The predicted octanol–water partition coefficient (Wildman–Crippen LogP) is 3.30. The van der Waals surface area contributed by atoms with Crippen LogP contribution in [0, 0.1) is 0 Å². The third-order valence-corrected chi connectivity index (χ3v) is 4.61. The Morgan fingerprint density at radius 3 is 2.46 bits per heavy atom. The van der Waals surface area contributed by atoms with E-state index >= 15 is 0 Å². The first-order chi connectivity index (χ1) is 13.6. The van der Waals surface area contributed by atoms with E-state index in [4.69, 9.17) is 9.47 Å². The SMILES string of the molecule is C/C=C/c1ccc(OCC(O)Cn2c(=O)n(CC)c3ccccc32)c(OC)c1. The molecule has 6 heteroatoms. The molecule has 0 spiro atoms. The van der Waals surface area contributed by atoms with E-state index in [0.717, 1.165) is 16.6 Å². The lowest BCUT2D eigenvalue weighted by Crippen LogP contribution is -2.31. The van der Waals surface area contributed by atoms with Crippen LogP contribution in [0.5, 0.6) is 11.5 Å². The van der Waals surface area contributed by atoms with Crippen LogP contribution in [0.3, 0.4) is 0 Å². The van der Waals surface area contributed by atoms with Crippen molar-refractivity contribution >= 4 is 17.1 Å². The zero-order valence-corrected chi connectivity index (χ0v) is 16.5. The summed E-state index contributed by atoms with van der Waals surface area (Å²) in [5.41, 5.74) is 2.55. The van der Waals surface area contributed by atoms with E-state index in [0.29, 0.717) is 18.0 Å². The summed E-state index contributed by atoms with van der Waals surface area (Å²) < 4.78 is 14.4. The Morgan fingerprint density at radius 1 is 1.11 bits per heavy atom. The van der Waals surface area contributed by atoms with Crippen molar-refractivity contribution < 1.29 is 14.6 Å². The molecule has 148 valence electrons. The molecular weight excluding hydrogens is 356 g/mol. The second kappa shape index (κ2) is 8.80. The second-order valence-corrected chi connectivity index (χ2v) is 6.50. The molecule has 1 heterocycles. The predicted molar refractivity (Wildman–Crippen MR) is 111 cm³/mol. The minimum atomic E-state index is -0.839. The normalized spacial score (nSPS) is 12.6. The van der Waals surface area contributed by atoms with Crippen LogP contribution in [0.2, 0.25) is 0 Å². The number of nitrogens with zero attached hydrogens (tertiary/aromatic N) is 2.